The normalized spacial score (nSPS) is 16.2. The topological polar surface area (TPSA) is 34.1 Å². The van der Waals surface area contributed by atoms with Crippen LogP contribution in [0, 0.1) is 12.7 Å². The predicted molar refractivity (Wildman–Crippen MR) is 77.4 cm³/mol. The van der Waals surface area contributed by atoms with Gasteiger partial charge in [-0.3, -0.25) is 4.99 Å². The van der Waals surface area contributed by atoms with Crippen molar-refractivity contribution in [1.29, 1.82) is 0 Å². The van der Waals surface area contributed by atoms with Crippen molar-refractivity contribution in [3.05, 3.63) is 28.5 Å². The van der Waals surface area contributed by atoms with E-state index in [1.54, 1.807) is 20.1 Å². The third-order valence-electron chi connectivity index (χ3n) is 3.21. The summed E-state index contributed by atoms with van der Waals surface area (Å²) in [5.74, 6) is 0.323. The van der Waals surface area contributed by atoms with E-state index in [0.717, 1.165) is 17.9 Å². The second-order valence-corrected chi connectivity index (χ2v) is 5.11. The first-order chi connectivity index (χ1) is 9.54. The molecule has 6 heteroatoms. The maximum Gasteiger partial charge on any atom is 0.179 e. The van der Waals surface area contributed by atoms with E-state index in [9.17, 15) is 4.39 Å². The fourth-order valence-electron chi connectivity index (χ4n) is 2.09. The zero-order chi connectivity index (χ0) is 14.7. The molecule has 1 atom stereocenters. The summed E-state index contributed by atoms with van der Waals surface area (Å²) in [6.45, 7) is 3.62. The standard InChI is InChI=1S/C14H18ClFN2O2/c1-9-4-5-10(16)13(12(9)15)20-11(8-19-3)14-17-6-7-18(14)2/h4-5,11H,6-8H2,1-3H3. The molecule has 2 rings (SSSR count). The van der Waals surface area contributed by atoms with Gasteiger partial charge < -0.3 is 14.4 Å². The van der Waals surface area contributed by atoms with Gasteiger partial charge in [0.1, 0.15) is 5.84 Å². The summed E-state index contributed by atoms with van der Waals surface area (Å²) in [7, 11) is 3.49. The van der Waals surface area contributed by atoms with Crippen molar-refractivity contribution in [2.45, 2.75) is 13.0 Å². The fourth-order valence-corrected chi connectivity index (χ4v) is 2.29. The number of ether oxygens (including phenoxy) is 2. The Kier molecular flexibility index (Phi) is 4.83. The number of hydrogen-bond donors (Lipinski definition) is 0. The Morgan fingerprint density at radius 3 is 2.85 bits per heavy atom. The molecule has 1 aliphatic heterocycles. The Bertz CT molecular complexity index is 522. The number of hydrogen-bond acceptors (Lipinski definition) is 4. The number of methoxy groups -OCH3 is 1. The Balaban J connectivity index is 2.27. The van der Waals surface area contributed by atoms with Crippen LogP contribution in [0.4, 0.5) is 4.39 Å². The minimum Gasteiger partial charge on any atom is -0.475 e. The first kappa shape index (κ1) is 15.1. The molecule has 0 fully saturated rings. The molecule has 0 amide bonds. The third kappa shape index (κ3) is 3.04. The van der Waals surface area contributed by atoms with Gasteiger partial charge >= 0.3 is 0 Å². The van der Waals surface area contributed by atoms with Gasteiger partial charge in [-0.05, 0) is 18.6 Å². The number of aliphatic imine (C=N–C) groups is 1. The molecule has 1 heterocycles. The van der Waals surface area contributed by atoms with Crippen LogP contribution in [0.2, 0.25) is 5.02 Å². The highest BCUT2D eigenvalue weighted by atomic mass is 35.5. The Morgan fingerprint density at radius 1 is 1.50 bits per heavy atom. The monoisotopic (exact) mass is 300 g/mol. The lowest BCUT2D eigenvalue weighted by Gasteiger charge is -2.24. The number of halogens is 2. The quantitative estimate of drug-likeness (QED) is 0.838. The van der Waals surface area contributed by atoms with Gasteiger partial charge in [0.2, 0.25) is 0 Å². The van der Waals surface area contributed by atoms with Gasteiger partial charge in [-0.25, -0.2) is 4.39 Å². The van der Waals surface area contributed by atoms with Crippen LogP contribution < -0.4 is 4.74 Å². The van der Waals surface area contributed by atoms with E-state index in [4.69, 9.17) is 21.1 Å². The summed E-state index contributed by atoms with van der Waals surface area (Å²) >= 11 is 6.13. The summed E-state index contributed by atoms with van der Waals surface area (Å²) in [6, 6.07) is 2.97. The number of nitrogens with zero attached hydrogens (tertiary/aromatic N) is 2. The molecule has 0 aliphatic carbocycles. The van der Waals surface area contributed by atoms with Crippen LogP contribution in [-0.4, -0.2) is 50.7 Å². The van der Waals surface area contributed by atoms with Crippen LogP contribution in [0.1, 0.15) is 5.56 Å². The summed E-state index contributed by atoms with van der Waals surface area (Å²) in [6.07, 6.45) is -0.471. The van der Waals surface area contributed by atoms with Crippen molar-refractivity contribution >= 4 is 17.4 Å². The van der Waals surface area contributed by atoms with Crippen molar-refractivity contribution in [2.75, 3.05) is 33.9 Å². The van der Waals surface area contributed by atoms with Crippen LogP contribution in [-0.2, 0) is 4.74 Å². The summed E-state index contributed by atoms with van der Waals surface area (Å²) in [5.41, 5.74) is 0.765. The van der Waals surface area contributed by atoms with Crippen molar-refractivity contribution in [3.8, 4) is 5.75 Å². The highest BCUT2D eigenvalue weighted by molar-refractivity contribution is 6.32. The smallest absolute Gasteiger partial charge is 0.179 e. The van der Waals surface area contributed by atoms with Crippen LogP contribution >= 0.6 is 11.6 Å². The fraction of sp³-hybridized carbons (Fsp3) is 0.500. The molecule has 1 aromatic rings. The van der Waals surface area contributed by atoms with Crippen LogP contribution in [0.15, 0.2) is 17.1 Å². The Labute approximate surface area is 123 Å². The Hall–Kier alpha value is -1.33. The first-order valence-corrected chi connectivity index (χ1v) is 6.78. The van der Waals surface area contributed by atoms with Gasteiger partial charge in [-0.2, -0.15) is 0 Å². The van der Waals surface area contributed by atoms with Crippen molar-refractivity contribution < 1.29 is 13.9 Å². The molecule has 0 saturated carbocycles. The average Bonchev–Trinajstić information content (AvgIpc) is 2.84. The maximum absolute atomic E-state index is 13.9. The molecule has 0 saturated heterocycles. The van der Waals surface area contributed by atoms with Crippen molar-refractivity contribution in [3.63, 3.8) is 0 Å². The minimum absolute atomic E-state index is 0.0525. The minimum atomic E-state index is -0.483. The lowest BCUT2D eigenvalue weighted by atomic mass is 10.2. The summed E-state index contributed by atoms with van der Waals surface area (Å²) < 4.78 is 24.8. The second kappa shape index (κ2) is 6.41. The molecule has 1 unspecified atom stereocenters. The van der Waals surface area contributed by atoms with E-state index in [0.29, 0.717) is 6.54 Å². The first-order valence-electron chi connectivity index (χ1n) is 6.40. The molecular weight excluding hydrogens is 283 g/mol. The average molecular weight is 301 g/mol. The number of aryl methyl sites for hydroxylation is 1. The third-order valence-corrected chi connectivity index (χ3v) is 3.68. The molecule has 1 aliphatic rings. The Morgan fingerprint density at radius 2 is 2.25 bits per heavy atom. The molecule has 1 aromatic carbocycles. The zero-order valence-electron chi connectivity index (χ0n) is 11.8. The number of benzene rings is 1. The number of likely N-dealkylation sites (N-methyl/N-ethyl adjacent to an activating group) is 1. The van der Waals surface area contributed by atoms with Crippen LogP contribution in [0.3, 0.4) is 0 Å². The molecule has 0 spiro atoms. The molecule has 20 heavy (non-hydrogen) atoms. The highest BCUT2D eigenvalue weighted by Gasteiger charge is 2.27. The highest BCUT2D eigenvalue weighted by Crippen LogP contribution is 2.32. The van der Waals surface area contributed by atoms with E-state index in [1.807, 2.05) is 11.9 Å². The van der Waals surface area contributed by atoms with E-state index in [1.165, 1.54) is 6.07 Å². The van der Waals surface area contributed by atoms with Gasteiger partial charge in [0, 0.05) is 20.7 Å². The molecule has 0 N–H and O–H groups in total. The molecule has 110 valence electrons. The van der Waals surface area contributed by atoms with E-state index in [2.05, 4.69) is 4.99 Å². The summed E-state index contributed by atoms with van der Waals surface area (Å²) in [5, 5.41) is 0.285. The van der Waals surface area contributed by atoms with Gasteiger partial charge in [-0.1, -0.05) is 17.7 Å². The maximum atomic E-state index is 13.9. The molecule has 0 aromatic heterocycles. The molecule has 4 nitrogen and oxygen atoms in total. The van der Waals surface area contributed by atoms with Crippen LogP contribution in [0.25, 0.3) is 0 Å². The number of amidine groups is 1. The van der Waals surface area contributed by atoms with Crippen molar-refractivity contribution in [1.82, 2.24) is 4.90 Å². The second-order valence-electron chi connectivity index (χ2n) is 4.73. The van der Waals surface area contributed by atoms with Crippen LogP contribution in [0.5, 0.6) is 5.75 Å². The van der Waals surface area contributed by atoms with E-state index < -0.39 is 11.9 Å². The zero-order valence-corrected chi connectivity index (χ0v) is 12.6. The SMILES string of the molecule is COCC(Oc1c(F)ccc(C)c1Cl)C1=NCCN1C. The predicted octanol–water partition coefficient (Wildman–Crippen LogP) is 2.53. The number of rotatable bonds is 5. The van der Waals surface area contributed by atoms with E-state index in [-0.39, 0.29) is 17.4 Å². The van der Waals surface area contributed by atoms with Gasteiger partial charge in [0.15, 0.2) is 17.7 Å². The van der Waals surface area contributed by atoms with Crippen molar-refractivity contribution in [2.24, 2.45) is 4.99 Å². The van der Waals surface area contributed by atoms with Gasteiger partial charge in [0.05, 0.1) is 18.2 Å². The summed E-state index contributed by atoms with van der Waals surface area (Å²) in [4.78, 5) is 6.36. The van der Waals surface area contributed by atoms with Gasteiger partial charge in [-0.15, -0.1) is 0 Å². The largest absolute Gasteiger partial charge is 0.475 e. The lowest BCUT2D eigenvalue weighted by molar-refractivity contribution is 0.110. The molecule has 0 radical (unpaired) electrons. The molecular formula is C14H18ClFN2O2. The van der Waals surface area contributed by atoms with Gasteiger partial charge in [0.25, 0.3) is 0 Å². The molecule has 0 bridgehead atoms. The van der Waals surface area contributed by atoms with E-state index >= 15 is 0 Å². The lowest BCUT2D eigenvalue weighted by Crippen LogP contribution is -2.40.